The lowest BCUT2D eigenvalue weighted by Crippen LogP contribution is -1.72. The molecule has 1 aromatic heterocycles. The Morgan fingerprint density at radius 2 is 2.00 bits per heavy atom. The maximum atomic E-state index is 5.67. The molecule has 0 unspecified atom stereocenters. The first kappa shape index (κ1) is 9.43. The van der Waals surface area contributed by atoms with E-state index in [2.05, 4.69) is 17.1 Å². The summed E-state index contributed by atoms with van der Waals surface area (Å²) in [6.07, 6.45) is 0. The highest BCUT2D eigenvalue weighted by atomic mass is 35.5. The van der Waals surface area contributed by atoms with E-state index in [4.69, 9.17) is 11.6 Å². The van der Waals surface area contributed by atoms with Crippen LogP contribution in [0.5, 0.6) is 0 Å². The third-order valence-corrected chi connectivity index (χ3v) is 2.02. The summed E-state index contributed by atoms with van der Waals surface area (Å²) in [5, 5.41) is 1.23. The van der Waals surface area contributed by atoms with Crippen LogP contribution in [0.1, 0.15) is 5.69 Å². The van der Waals surface area contributed by atoms with E-state index in [1.807, 2.05) is 18.2 Å². The number of nitrogens with one attached hydrogen (secondary N) is 1. The van der Waals surface area contributed by atoms with Gasteiger partial charge in [0.25, 0.3) is 0 Å². The molecule has 1 N–H and O–H groups in total. The van der Waals surface area contributed by atoms with Gasteiger partial charge < -0.3 is 4.98 Å². The zero-order valence-electron chi connectivity index (χ0n) is 6.38. The lowest BCUT2D eigenvalue weighted by molar-refractivity contribution is 1.26. The standard InChI is InChI=1S/C9H8ClN.ClH/c10-6-8-5-7-3-1-2-4-9(7)11-8;/h1-5,11H,6H2;1H. The van der Waals surface area contributed by atoms with Crippen LogP contribution < -0.4 is 0 Å². The van der Waals surface area contributed by atoms with Gasteiger partial charge in [-0.1, -0.05) is 18.2 Å². The van der Waals surface area contributed by atoms with Crippen LogP contribution in [0.3, 0.4) is 0 Å². The van der Waals surface area contributed by atoms with Crippen LogP contribution >= 0.6 is 24.0 Å². The second kappa shape index (κ2) is 3.83. The van der Waals surface area contributed by atoms with Gasteiger partial charge in [-0.3, -0.25) is 0 Å². The number of hydrogen-bond donors (Lipinski definition) is 1. The lowest BCUT2D eigenvalue weighted by Gasteiger charge is -1.84. The van der Waals surface area contributed by atoms with E-state index in [0.717, 1.165) is 11.2 Å². The minimum atomic E-state index is 0. The van der Waals surface area contributed by atoms with Gasteiger partial charge in [-0.15, -0.1) is 24.0 Å². The highest BCUT2D eigenvalue weighted by Gasteiger charge is 1.96. The maximum absolute atomic E-state index is 5.67. The Morgan fingerprint density at radius 3 is 2.67 bits per heavy atom. The van der Waals surface area contributed by atoms with Crippen molar-refractivity contribution < 1.29 is 0 Å². The molecule has 1 heterocycles. The smallest absolute Gasteiger partial charge is 0.0625 e. The summed E-state index contributed by atoms with van der Waals surface area (Å²) in [4.78, 5) is 3.21. The van der Waals surface area contributed by atoms with Crippen molar-refractivity contribution in [1.82, 2.24) is 4.98 Å². The van der Waals surface area contributed by atoms with E-state index in [0.29, 0.717) is 5.88 Å². The second-order valence-corrected chi connectivity index (χ2v) is 2.78. The Labute approximate surface area is 82.1 Å². The second-order valence-electron chi connectivity index (χ2n) is 2.52. The summed E-state index contributed by atoms with van der Waals surface area (Å²) in [7, 11) is 0. The fraction of sp³-hybridized carbons (Fsp3) is 0.111. The normalized spacial score (nSPS) is 9.75. The van der Waals surface area contributed by atoms with Gasteiger partial charge in [0.1, 0.15) is 0 Å². The molecular formula is C9H9Cl2N. The summed E-state index contributed by atoms with van der Waals surface area (Å²) >= 11 is 5.67. The Balaban J connectivity index is 0.000000720. The number of H-pyrrole nitrogens is 1. The van der Waals surface area contributed by atoms with Crippen LogP contribution in [0, 0.1) is 0 Å². The van der Waals surface area contributed by atoms with Crippen molar-refractivity contribution in [2.75, 3.05) is 0 Å². The summed E-state index contributed by atoms with van der Waals surface area (Å²) in [5.41, 5.74) is 2.23. The van der Waals surface area contributed by atoms with Gasteiger partial charge in [0, 0.05) is 11.2 Å². The van der Waals surface area contributed by atoms with Crippen molar-refractivity contribution >= 4 is 34.9 Å². The molecule has 3 heteroatoms. The van der Waals surface area contributed by atoms with Crippen molar-refractivity contribution in [2.24, 2.45) is 0 Å². The maximum Gasteiger partial charge on any atom is 0.0625 e. The first-order chi connectivity index (χ1) is 5.40. The number of para-hydroxylation sites is 1. The largest absolute Gasteiger partial charge is 0.357 e. The van der Waals surface area contributed by atoms with Gasteiger partial charge >= 0.3 is 0 Å². The van der Waals surface area contributed by atoms with Crippen molar-refractivity contribution in [3.05, 3.63) is 36.0 Å². The molecule has 0 fully saturated rings. The molecule has 0 aliphatic carbocycles. The van der Waals surface area contributed by atoms with Gasteiger partial charge in [-0.25, -0.2) is 0 Å². The Kier molecular flexibility index (Phi) is 3.01. The first-order valence-electron chi connectivity index (χ1n) is 3.53. The number of rotatable bonds is 1. The van der Waals surface area contributed by atoms with E-state index in [9.17, 15) is 0 Å². The molecule has 12 heavy (non-hydrogen) atoms. The number of hydrogen-bond acceptors (Lipinski definition) is 0. The molecule has 1 aromatic carbocycles. The number of halogens is 2. The summed E-state index contributed by atoms with van der Waals surface area (Å²) in [6, 6.07) is 10.2. The number of aromatic nitrogens is 1. The topological polar surface area (TPSA) is 15.8 Å². The molecule has 0 spiro atoms. The van der Waals surface area contributed by atoms with Crippen LogP contribution in [0.25, 0.3) is 10.9 Å². The zero-order valence-corrected chi connectivity index (χ0v) is 7.95. The third-order valence-electron chi connectivity index (χ3n) is 1.73. The van der Waals surface area contributed by atoms with E-state index in [1.54, 1.807) is 0 Å². The average molecular weight is 202 g/mol. The highest BCUT2D eigenvalue weighted by molar-refractivity contribution is 6.17. The van der Waals surface area contributed by atoms with Gasteiger partial charge in [-0.05, 0) is 17.5 Å². The molecule has 1 nitrogen and oxygen atoms in total. The predicted molar refractivity (Wildman–Crippen MR) is 55.1 cm³/mol. The van der Waals surface area contributed by atoms with Crippen molar-refractivity contribution in [2.45, 2.75) is 5.88 Å². The van der Waals surface area contributed by atoms with Gasteiger partial charge in [0.15, 0.2) is 0 Å². The molecule has 0 bridgehead atoms. The molecule has 0 atom stereocenters. The Morgan fingerprint density at radius 1 is 1.25 bits per heavy atom. The number of aromatic amines is 1. The van der Waals surface area contributed by atoms with Crippen LogP contribution in [-0.4, -0.2) is 4.98 Å². The molecule has 64 valence electrons. The molecule has 0 saturated carbocycles. The number of alkyl halides is 1. The van der Waals surface area contributed by atoms with Gasteiger partial charge in [-0.2, -0.15) is 0 Å². The van der Waals surface area contributed by atoms with Crippen LogP contribution in [0.15, 0.2) is 30.3 Å². The summed E-state index contributed by atoms with van der Waals surface area (Å²) < 4.78 is 0. The molecular weight excluding hydrogens is 193 g/mol. The number of fused-ring (bicyclic) bond motifs is 1. The van der Waals surface area contributed by atoms with Crippen LogP contribution in [0.4, 0.5) is 0 Å². The zero-order chi connectivity index (χ0) is 7.68. The van der Waals surface area contributed by atoms with Gasteiger partial charge in [0.2, 0.25) is 0 Å². The van der Waals surface area contributed by atoms with Crippen LogP contribution in [-0.2, 0) is 5.88 Å². The van der Waals surface area contributed by atoms with Crippen molar-refractivity contribution in [1.29, 1.82) is 0 Å². The SMILES string of the molecule is Cl.ClCc1cc2ccccc2[nH]1. The van der Waals surface area contributed by atoms with E-state index in [1.165, 1.54) is 5.39 Å². The average Bonchev–Trinajstić information content (AvgIpc) is 2.46. The predicted octanol–water partition coefficient (Wildman–Crippen LogP) is 3.33. The Hall–Kier alpha value is -0.660. The monoisotopic (exact) mass is 201 g/mol. The molecule has 0 saturated heterocycles. The minimum Gasteiger partial charge on any atom is -0.357 e. The fourth-order valence-electron chi connectivity index (χ4n) is 1.21. The highest BCUT2D eigenvalue weighted by Crippen LogP contribution is 2.15. The molecule has 0 radical (unpaired) electrons. The minimum absolute atomic E-state index is 0. The van der Waals surface area contributed by atoms with Crippen molar-refractivity contribution in [3.63, 3.8) is 0 Å². The van der Waals surface area contributed by atoms with E-state index >= 15 is 0 Å². The molecule has 0 aliphatic heterocycles. The van der Waals surface area contributed by atoms with Crippen molar-refractivity contribution in [3.8, 4) is 0 Å². The molecule has 2 rings (SSSR count). The first-order valence-corrected chi connectivity index (χ1v) is 4.06. The lowest BCUT2D eigenvalue weighted by atomic mass is 10.2. The number of benzene rings is 1. The summed E-state index contributed by atoms with van der Waals surface area (Å²) in [6.45, 7) is 0. The fourth-order valence-corrected chi connectivity index (χ4v) is 1.35. The third kappa shape index (κ3) is 1.57. The summed E-state index contributed by atoms with van der Waals surface area (Å²) in [5.74, 6) is 0.550. The Bertz CT molecular complexity index is 334. The van der Waals surface area contributed by atoms with Crippen LogP contribution in [0.2, 0.25) is 0 Å². The quantitative estimate of drug-likeness (QED) is 0.682. The molecule has 0 aliphatic rings. The van der Waals surface area contributed by atoms with Gasteiger partial charge in [0.05, 0.1) is 5.88 Å². The molecule has 0 amide bonds. The molecule has 2 aromatic rings. The van der Waals surface area contributed by atoms with E-state index in [-0.39, 0.29) is 12.4 Å². The van der Waals surface area contributed by atoms with E-state index < -0.39 is 0 Å².